The molecule has 1 aromatic heterocycles. The average Bonchev–Trinajstić information content (AvgIpc) is 2.38. The molecule has 0 unspecified atom stereocenters. The lowest BCUT2D eigenvalue weighted by Crippen LogP contribution is -2.09. The lowest BCUT2D eigenvalue weighted by atomic mass is 10.3. The van der Waals surface area contributed by atoms with E-state index in [0.29, 0.717) is 19.1 Å². The van der Waals surface area contributed by atoms with Crippen LogP contribution in [0.5, 0.6) is 5.88 Å². The molecule has 0 fully saturated rings. The predicted molar refractivity (Wildman–Crippen MR) is 72.3 cm³/mol. The Kier molecular flexibility index (Phi) is 6.43. The number of aromatic nitrogens is 2. The Morgan fingerprint density at radius 2 is 2.00 bits per heavy atom. The summed E-state index contributed by atoms with van der Waals surface area (Å²) in [5, 5.41) is 3.08. The quantitative estimate of drug-likeness (QED) is 0.720. The van der Waals surface area contributed by atoms with Crippen LogP contribution in [0, 0.1) is 6.92 Å². The van der Waals surface area contributed by atoms with Gasteiger partial charge in [-0.2, -0.15) is 4.98 Å². The number of rotatable bonds is 8. The molecule has 0 saturated heterocycles. The zero-order valence-electron chi connectivity index (χ0n) is 11.7. The lowest BCUT2D eigenvalue weighted by molar-refractivity contribution is 0.170. The fourth-order valence-corrected chi connectivity index (χ4v) is 1.63. The molecule has 0 spiro atoms. The van der Waals surface area contributed by atoms with E-state index in [2.05, 4.69) is 22.2 Å². The summed E-state index contributed by atoms with van der Waals surface area (Å²) in [5.74, 6) is 2.35. The van der Waals surface area contributed by atoms with Crippen molar-refractivity contribution in [3.63, 3.8) is 0 Å². The van der Waals surface area contributed by atoms with Crippen LogP contribution >= 0.6 is 0 Å². The number of nitrogens with one attached hydrogen (secondary N) is 1. The van der Waals surface area contributed by atoms with Crippen molar-refractivity contribution in [2.45, 2.75) is 33.1 Å². The molecule has 1 aromatic rings. The van der Waals surface area contributed by atoms with Crippen molar-refractivity contribution in [3.05, 3.63) is 11.4 Å². The van der Waals surface area contributed by atoms with E-state index >= 15 is 0 Å². The summed E-state index contributed by atoms with van der Waals surface area (Å²) in [5.41, 5.74) is 0.953. The van der Waals surface area contributed by atoms with Crippen LogP contribution in [0.1, 0.15) is 31.2 Å². The third-order valence-corrected chi connectivity index (χ3v) is 2.59. The summed E-state index contributed by atoms with van der Waals surface area (Å²) in [7, 11) is 3.55. The number of methoxy groups -OCH3 is 1. The minimum atomic E-state index is 0.612. The Hall–Kier alpha value is -1.36. The van der Waals surface area contributed by atoms with E-state index in [0.717, 1.165) is 36.5 Å². The first-order chi connectivity index (χ1) is 8.72. The normalized spacial score (nSPS) is 10.4. The van der Waals surface area contributed by atoms with E-state index < -0.39 is 0 Å². The SMILES string of the molecule is CCCc1nc(NC)c(C)c(OCCCOC)n1. The van der Waals surface area contributed by atoms with Gasteiger partial charge in [0, 0.05) is 33.6 Å². The molecule has 0 radical (unpaired) electrons. The molecule has 0 bridgehead atoms. The lowest BCUT2D eigenvalue weighted by Gasteiger charge is -2.12. The van der Waals surface area contributed by atoms with Gasteiger partial charge in [-0.25, -0.2) is 4.98 Å². The Balaban J connectivity index is 2.77. The molecule has 0 amide bonds. The number of aryl methyl sites for hydroxylation is 1. The minimum absolute atomic E-state index is 0.612. The van der Waals surface area contributed by atoms with E-state index in [9.17, 15) is 0 Å². The molecule has 1 heterocycles. The Bertz CT molecular complexity index is 369. The van der Waals surface area contributed by atoms with Gasteiger partial charge in [0.2, 0.25) is 5.88 Å². The monoisotopic (exact) mass is 253 g/mol. The van der Waals surface area contributed by atoms with E-state index in [1.54, 1.807) is 7.11 Å². The zero-order chi connectivity index (χ0) is 13.4. The first kappa shape index (κ1) is 14.7. The Morgan fingerprint density at radius 3 is 2.61 bits per heavy atom. The molecule has 18 heavy (non-hydrogen) atoms. The number of anilines is 1. The van der Waals surface area contributed by atoms with Crippen molar-refractivity contribution in [3.8, 4) is 5.88 Å². The molecule has 0 aliphatic heterocycles. The second kappa shape index (κ2) is 7.87. The van der Waals surface area contributed by atoms with Gasteiger partial charge in [0.15, 0.2) is 0 Å². The van der Waals surface area contributed by atoms with Gasteiger partial charge >= 0.3 is 0 Å². The molecule has 5 nitrogen and oxygen atoms in total. The summed E-state index contributed by atoms with van der Waals surface area (Å²) in [6.07, 6.45) is 2.75. The highest BCUT2D eigenvalue weighted by molar-refractivity contribution is 5.48. The van der Waals surface area contributed by atoms with Crippen LogP contribution in [0.15, 0.2) is 0 Å². The predicted octanol–water partition coefficient (Wildman–Crippen LogP) is 2.19. The van der Waals surface area contributed by atoms with Gasteiger partial charge in [-0.15, -0.1) is 0 Å². The van der Waals surface area contributed by atoms with Crippen molar-refractivity contribution in [1.82, 2.24) is 9.97 Å². The van der Waals surface area contributed by atoms with Gasteiger partial charge in [-0.3, -0.25) is 0 Å². The molecule has 5 heteroatoms. The van der Waals surface area contributed by atoms with Crippen molar-refractivity contribution >= 4 is 5.82 Å². The summed E-state index contributed by atoms with van der Waals surface area (Å²) in [6, 6.07) is 0. The first-order valence-corrected chi connectivity index (χ1v) is 6.39. The highest BCUT2D eigenvalue weighted by atomic mass is 16.5. The van der Waals surface area contributed by atoms with Crippen LogP contribution in [-0.4, -0.2) is 37.3 Å². The second-order valence-electron chi connectivity index (χ2n) is 4.11. The highest BCUT2D eigenvalue weighted by Gasteiger charge is 2.10. The zero-order valence-corrected chi connectivity index (χ0v) is 11.7. The highest BCUT2D eigenvalue weighted by Crippen LogP contribution is 2.22. The average molecular weight is 253 g/mol. The summed E-state index contributed by atoms with van der Waals surface area (Å²) in [6.45, 7) is 5.39. The van der Waals surface area contributed by atoms with Crippen molar-refractivity contribution in [2.24, 2.45) is 0 Å². The third kappa shape index (κ3) is 4.14. The van der Waals surface area contributed by atoms with Crippen LogP contribution in [0.2, 0.25) is 0 Å². The number of hydrogen-bond acceptors (Lipinski definition) is 5. The fourth-order valence-electron chi connectivity index (χ4n) is 1.63. The third-order valence-electron chi connectivity index (χ3n) is 2.59. The van der Waals surface area contributed by atoms with Gasteiger partial charge < -0.3 is 14.8 Å². The topological polar surface area (TPSA) is 56.3 Å². The Morgan fingerprint density at radius 1 is 1.22 bits per heavy atom. The van der Waals surface area contributed by atoms with E-state index in [1.807, 2.05) is 14.0 Å². The molecule has 0 aliphatic rings. The summed E-state index contributed by atoms with van der Waals surface area (Å²) in [4.78, 5) is 8.91. The molecule has 0 atom stereocenters. The van der Waals surface area contributed by atoms with Gasteiger partial charge in [0.25, 0.3) is 0 Å². The molecule has 0 aromatic carbocycles. The standard InChI is InChI=1S/C13H23N3O2/c1-5-7-11-15-12(14-3)10(2)13(16-11)18-9-6-8-17-4/h5-9H2,1-4H3,(H,14,15,16). The van der Waals surface area contributed by atoms with Crippen LogP contribution < -0.4 is 10.1 Å². The van der Waals surface area contributed by atoms with Crippen molar-refractivity contribution in [2.75, 3.05) is 32.7 Å². The maximum absolute atomic E-state index is 5.70. The maximum Gasteiger partial charge on any atom is 0.221 e. The largest absolute Gasteiger partial charge is 0.477 e. The van der Waals surface area contributed by atoms with E-state index in [1.165, 1.54) is 0 Å². The van der Waals surface area contributed by atoms with Gasteiger partial charge in [0.1, 0.15) is 11.6 Å². The van der Waals surface area contributed by atoms with Crippen LogP contribution in [0.4, 0.5) is 5.82 Å². The van der Waals surface area contributed by atoms with Gasteiger partial charge in [0.05, 0.1) is 12.2 Å². The molecule has 1 rings (SSSR count). The molecular formula is C13H23N3O2. The maximum atomic E-state index is 5.70. The molecular weight excluding hydrogens is 230 g/mol. The molecule has 102 valence electrons. The molecule has 1 N–H and O–H groups in total. The number of ether oxygens (including phenoxy) is 2. The van der Waals surface area contributed by atoms with Crippen LogP contribution in [-0.2, 0) is 11.2 Å². The van der Waals surface area contributed by atoms with Gasteiger partial charge in [-0.1, -0.05) is 6.92 Å². The second-order valence-corrected chi connectivity index (χ2v) is 4.11. The summed E-state index contributed by atoms with van der Waals surface area (Å²) < 4.78 is 10.7. The Labute approximate surface area is 109 Å². The van der Waals surface area contributed by atoms with Crippen LogP contribution in [0.25, 0.3) is 0 Å². The van der Waals surface area contributed by atoms with E-state index in [-0.39, 0.29) is 0 Å². The smallest absolute Gasteiger partial charge is 0.221 e. The van der Waals surface area contributed by atoms with Gasteiger partial charge in [-0.05, 0) is 13.3 Å². The molecule has 0 saturated carbocycles. The number of nitrogens with zero attached hydrogens (tertiary/aromatic N) is 2. The fraction of sp³-hybridized carbons (Fsp3) is 0.692. The van der Waals surface area contributed by atoms with Crippen LogP contribution in [0.3, 0.4) is 0 Å². The van der Waals surface area contributed by atoms with Crippen molar-refractivity contribution < 1.29 is 9.47 Å². The minimum Gasteiger partial charge on any atom is -0.477 e. The summed E-state index contributed by atoms with van der Waals surface area (Å²) >= 11 is 0. The number of hydrogen-bond donors (Lipinski definition) is 1. The van der Waals surface area contributed by atoms with E-state index in [4.69, 9.17) is 9.47 Å². The molecule has 0 aliphatic carbocycles. The van der Waals surface area contributed by atoms with Crippen molar-refractivity contribution in [1.29, 1.82) is 0 Å². The first-order valence-electron chi connectivity index (χ1n) is 6.39.